The molecule has 4 nitrogen and oxygen atoms in total. The molecule has 1 aromatic carbocycles. The number of carbonyl (C=O) groups is 1. The molecule has 0 spiro atoms. The number of nitrogens with zero attached hydrogens (tertiary/aromatic N) is 1. The van der Waals surface area contributed by atoms with Gasteiger partial charge in [0.25, 0.3) is 0 Å². The molecule has 2 atom stereocenters. The first-order chi connectivity index (χ1) is 10.6. The average Bonchev–Trinajstić information content (AvgIpc) is 2.53. The highest BCUT2D eigenvalue weighted by Crippen LogP contribution is 2.42. The number of methoxy groups -OCH3 is 2. The molecule has 3 rings (SSSR count). The minimum atomic E-state index is 0.179. The zero-order chi connectivity index (χ0) is 15.7. The Hall–Kier alpha value is -0.820. The van der Waals surface area contributed by atoms with Crippen LogP contribution in [0.2, 0.25) is 0 Å². The standard InChI is InChI=1S/C17H22INO3/c1-21-16-9-13(14(18)10-17(16)22-2)15-8-12(20)7-11-5-3-4-6-19(11)15/h9-11,15H,3-8H2,1-2H3/t11-,15-/m1/s1. The van der Waals surface area contributed by atoms with Crippen LogP contribution in [0.25, 0.3) is 0 Å². The molecule has 2 heterocycles. The van der Waals surface area contributed by atoms with Crippen LogP contribution in [0.1, 0.15) is 43.7 Å². The van der Waals surface area contributed by atoms with Crippen molar-refractivity contribution in [3.63, 3.8) is 0 Å². The van der Waals surface area contributed by atoms with Crippen molar-refractivity contribution in [1.82, 2.24) is 4.90 Å². The number of benzene rings is 1. The quantitative estimate of drug-likeness (QED) is 0.708. The fourth-order valence-electron chi connectivity index (χ4n) is 3.75. The molecule has 0 bridgehead atoms. The molecule has 2 aliphatic heterocycles. The van der Waals surface area contributed by atoms with E-state index in [1.54, 1.807) is 14.2 Å². The van der Waals surface area contributed by atoms with Crippen molar-refractivity contribution < 1.29 is 14.3 Å². The Balaban J connectivity index is 1.99. The molecule has 2 saturated heterocycles. The number of ether oxygens (including phenoxy) is 2. The van der Waals surface area contributed by atoms with Crippen molar-refractivity contribution in [2.75, 3.05) is 20.8 Å². The van der Waals surface area contributed by atoms with Gasteiger partial charge in [-0.05, 0) is 59.7 Å². The first-order valence-electron chi connectivity index (χ1n) is 7.83. The summed E-state index contributed by atoms with van der Waals surface area (Å²) in [6.45, 7) is 1.09. The van der Waals surface area contributed by atoms with Gasteiger partial charge < -0.3 is 9.47 Å². The minimum absolute atomic E-state index is 0.179. The Kier molecular flexibility index (Phi) is 4.92. The number of hydrogen-bond acceptors (Lipinski definition) is 4. The lowest BCUT2D eigenvalue weighted by Gasteiger charge is -2.44. The van der Waals surface area contributed by atoms with Gasteiger partial charge in [0.15, 0.2) is 11.5 Å². The van der Waals surface area contributed by atoms with E-state index in [9.17, 15) is 4.79 Å². The molecule has 0 aliphatic carbocycles. The minimum Gasteiger partial charge on any atom is -0.493 e. The van der Waals surface area contributed by atoms with Gasteiger partial charge in [0.1, 0.15) is 5.78 Å². The maximum absolute atomic E-state index is 12.2. The van der Waals surface area contributed by atoms with Crippen LogP contribution in [0, 0.1) is 3.57 Å². The van der Waals surface area contributed by atoms with Crippen LogP contribution >= 0.6 is 22.6 Å². The maximum atomic E-state index is 12.2. The van der Waals surface area contributed by atoms with Gasteiger partial charge in [-0.2, -0.15) is 0 Å². The maximum Gasteiger partial charge on any atom is 0.161 e. The molecular formula is C17H22INO3. The van der Waals surface area contributed by atoms with E-state index in [-0.39, 0.29) is 6.04 Å². The van der Waals surface area contributed by atoms with E-state index in [1.807, 2.05) is 6.07 Å². The number of carbonyl (C=O) groups excluding carboxylic acids is 1. The van der Waals surface area contributed by atoms with Crippen molar-refractivity contribution in [3.05, 3.63) is 21.3 Å². The van der Waals surface area contributed by atoms with Crippen molar-refractivity contribution >= 4 is 28.4 Å². The van der Waals surface area contributed by atoms with Crippen molar-refractivity contribution in [2.45, 2.75) is 44.2 Å². The van der Waals surface area contributed by atoms with E-state index in [2.05, 4.69) is 33.6 Å². The van der Waals surface area contributed by atoms with Crippen LogP contribution in [-0.4, -0.2) is 37.5 Å². The Bertz CT molecular complexity index is 575. The lowest BCUT2D eigenvalue weighted by atomic mass is 9.85. The van der Waals surface area contributed by atoms with E-state index in [0.717, 1.165) is 34.5 Å². The number of fused-ring (bicyclic) bond motifs is 1. The summed E-state index contributed by atoms with van der Waals surface area (Å²) in [5, 5.41) is 0. The van der Waals surface area contributed by atoms with Gasteiger partial charge in [0, 0.05) is 28.5 Å². The van der Waals surface area contributed by atoms with Crippen LogP contribution in [0.3, 0.4) is 0 Å². The second kappa shape index (κ2) is 6.74. The predicted molar refractivity (Wildman–Crippen MR) is 93.6 cm³/mol. The van der Waals surface area contributed by atoms with Crippen LogP contribution in [0.4, 0.5) is 0 Å². The Labute approximate surface area is 145 Å². The van der Waals surface area contributed by atoms with Crippen LogP contribution in [-0.2, 0) is 4.79 Å². The van der Waals surface area contributed by atoms with Crippen LogP contribution < -0.4 is 9.47 Å². The number of rotatable bonds is 3. The fraction of sp³-hybridized carbons (Fsp3) is 0.588. The molecule has 1 aromatic rings. The number of ketones is 1. The van der Waals surface area contributed by atoms with Gasteiger partial charge in [0.2, 0.25) is 0 Å². The van der Waals surface area contributed by atoms with Crippen molar-refractivity contribution in [2.24, 2.45) is 0 Å². The summed E-state index contributed by atoms with van der Waals surface area (Å²) in [6, 6.07) is 4.66. The second-order valence-electron chi connectivity index (χ2n) is 6.08. The molecule has 0 N–H and O–H groups in total. The van der Waals surface area contributed by atoms with E-state index < -0.39 is 0 Å². The topological polar surface area (TPSA) is 38.8 Å². The lowest BCUT2D eigenvalue weighted by Crippen LogP contribution is -2.47. The first kappa shape index (κ1) is 16.1. The summed E-state index contributed by atoms with van der Waals surface area (Å²) < 4.78 is 12.0. The van der Waals surface area contributed by atoms with E-state index >= 15 is 0 Å². The predicted octanol–water partition coefficient (Wildman–Crippen LogP) is 3.57. The summed E-state index contributed by atoms with van der Waals surface area (Å²) >= 11 is 2.34. The summed E-state index contributed by atoms with van der Waals surface area (Å²) in [5.41, 5.74) is 1.19. The van der Waals surface area contributed by atoms with Gasteiger partial charge in [-0.3, -0.25) is 9.69 Å². The molecule has 22 heavy (non-hydrogen) atoms. The molecule has 2 fully saturated rings. The third-order valence-corrected chi connectivity index (χ3v) is 5.75. The zero-order valence-electron chi connectivity index (χ0n) is 13.1. The normalized spacial score (nSPS) is 25.7. The average molecular weight is 415 g/mol. The number of Topliss-reactive ketones (excluding diaryl/α,β-unsaturated/α-hetero) is 1. The molecular weight excluding hydrogens is 393 g/mol. The van der Waals surface area contributed by atoms with E-state index in [4.69, 9.17) is 9.47 Å². The molecule has 0 radical (unpaired) electrons. The van der Waals surface area contributed by atoms with Gasteiger partial charge >= 0.3 is 0 Å². The largest absolute Gasteiger partial charge is 0.493 e. The second-order valence-corrected chi connectivity index (χ2v) is 7.24. The molecule has 5 heteroatoms. The summed E-state index contributed by atoms with van der Waals surface area (Å²) in [5.74, 6) is 1.87. The SMILES string of the molecule is COc1cc(I)c([C@H]2CC(=O)C[C@H]3CCCCN32)cc1OC. The van der Waals surface area contributed by atoms with Crippen LogP contribution in [0.5, 0.6) is 11.5 Å². The monoisotopic (exact) mass is 415 g/mol. The Morgan fingerprint density at radius 1 is 1.14 bits per heavy atom. The molecule has 0 aromatic heterocycles. The van der Waals surface area contributed by atoms with Gasteiger partial charge in [-0.25, -0.2) is 0 Å². The Morgan fingerprint density at radius 2 is 1.86 bits per heavy atom. The molecule has 0 amide bonds. The third-order valence-electron chi connectivity index (χ3n) is 4.82. The van der Waals surface area contributed by atoms with Crippen molar-refractivity contribution in [3.8, 4) is 11.5 Å². The van der Waals surface area contributed by atoms with E-state index in [0.29, 0.717) is 18.2 Å². The molecule has 2 aliphatic rings. The molecule has 120 valence electrons. The van der Waals surface area contributed by atoms with Gasteiger partial charge in [0.05, 0.1) is 14.2 Å². The Morgan fingerprint density at radius 3 is 2.59 bits per heavy atom. The fourth-order valence-corrected chi connectivity index (χ4v) is 4.54. The van der Waals surface area contributed by atoms with E-state index in [1.165, 1.54) is 18.4 Å². The highest BCUT2D eigenvalue weighted by atomic mass is 127. The lowest BCUT2D eigenvalue weighted by molar-refractivity contribution is -0.126. The first-order valence-corrected chi connectivity index (χ1v) is 8.90. The van der Waals surface area contributed by atoms with Crippen molar-refractivity contribution in [1.29, 1.82) is 0 Å². The number of hydrogen-bond donors (Lipinski definition) is 0. The van der Waals surface area contributed by atoms with Crippen LogP contribution in [0.15, 0.2) is 12.1 Å². The highest BCUT2D eigenvalue weighted by Gasteiger charge is 2.37. The summed E-state index contributed by atoms with van der Waals surface area (Å²) in [4.78, 5) is 14.7. The summed E-state index contributed by atoms with van der Waals surface area (Å²) in [6.07, 6.45) is 4.95. The number of piperidine rings is 2. The summed E-state index contributed by atoms with van der Waals surface area (Å²) in [7, 11) is 3.31. The van der Waals surface area contributed by atoms with Gasteiger partial charge in [-0.1, -0.05) is 6.42 Å². The zero-order valence-corrected chi connectivity index (χ0v) is 15.3. The highest BCUT2D eigenvalue weighted by molar-refractivity contribution is 14.1. The molecule has 0 unspecified atom stereocenters. The number of halogens is 1. The smallest absolute Gasteiger partial charge is 0.161 e. The molecule has 0 saturated carbocycles. The van der Waals surface area contributed by atoms with Gasteiger partial charge in [-0.15, -0.1) is 0 Å². The third kappa shape index (κ3) is 2.97.